The number of ether oxygens (including phenoxy) is 1. The summed E-state index contributed by atoms with van der Waals surface area (Å²) in [5.74, 6) is 1.36. The molecule has 0 radical (unpaired) electrons. The Morgan fingerprint density at radius 1 is 1.30 bits per heavy atom. The standard InChI is InChI=1S/C15H25N3OS/c1-11(2)13-17-14(20-18-13)16-12-6-9-19-15(10-12)7-4-3-5-8-15/h11-12H,3-10H2,1-2H3,(H,16,17,18). The minimum atomic E-state index is 0.153. The molecule has 0 bridgehead atoms. The van der Waals surface area contributed by atoms with Crippen LogP contribution in [-0.4, -0.2) is 27.6 Å². The molecule has 0 amide bonds. The molecule has 112 valence electrons. The van der Waals surface area contributed by atoms with Gasteiger partial charge in [-0.3, -0.25) is 0 Å². The van der Waals surface area contributed by atoms with Crippen LogP contribution in [0.2, 0.25) is 0 Å². The van der Waals surface area contributed by atoms with Crippen molar-refractivity contribution >= 4 is 16.7 Å². The Morgan fingerprint density at radius 2 is 2.10 bits per heavy atom. The molecule has 3 rings (SSSR count). The molecule has 1 spiro atoms. The summed E-state index contributed by atoms with van der Waals surface area (Å²) in [6.07, 6.45) is 8.70. The predicted molar refractivity (Wildman–Crippen MR) is 82.4 cm³/mol. The molecular weight excluding hydrogens is 270 g/mol. The Kier molecular flexibility index (Phi) is 4.26. The highest BCUT2D eigenvalue weighted by molar-refractivity contribution is 7.09. The molecule has 1 saturated heterocycles. The Bertz CT molecular complexity index is 435. The van der Waals surface area contributed by atoms with Crippen LogP contribution in [0.5, 0.6) is 0 Å². The monoisotopic (exact) mass is 295 g/mol. The van der Waals surface area contributed by atoms with Crippen molar-refractivity contribution in [2.75, 3.05) is 11.9 Å². The van der Waals surface area contributed by atoms with E-state index < -0.39 is 0 Å². The lowest BCUT2D eigenvalue weighted by molar-refractivity contribution is -0.103. The van der Waals surface area contributed by atoms with Gasteiger partial charge < -0.3 is 10.1 Å². The van der Waals surface area contributed by atoms with Gasteiger partial charge in [0.25, 0.3) is 0 Å². The van der Waals surface area contributed by atoms with E-state index in [1.807, 2.05) is 0 Å². The Hall–Kier alpha value is -0.680. The molecule has 1 atom stereocenters. The van der Waals surface area contributed by atoms with Crippen molar-refractivity contribution < 1.29 is 4.74 Å². The average molecular weight is 295 g/mol. The summed E-state index contributed by atoms with van der Waals surface area (Å²) in [5, 5.41) is 4.57. The largest absolute Gasteiger partial charge is 0.375 e. The lowest BCUT2D eigenvalue weighted by atomic mass is 9.78. The van der Waals surface area contributed by atoms with Gasteiger partial charge in [-0.15, -0.1) is 0 Å². The molecular formula is C15H25N3OS. The van der Waals surface area contributed by atoms with Crippen LogP contribution in [0.25, 0.3) is 0 Å². The van der Waals surface area contributed by atoms with Crippen LogP contribution in [0.1, 0.15) is 70.5 Å². The minimum Gasteiger partial charge on any atom is -0.375 e. The Labute approximate surface area is 125 Å². The maximum atomic E-state index is 6.15. The van der Waals surface area contributed by atoms with Gasteiger partial charge in [-0.05, 0) is 25.7 Å². The first kappa shape index (κ1) is 14.3. The normalized spacial score (nSPS) is 26.1. The van der Waals surface area contributed by atoms with Crippen molar-refractivity contribution in [1.82, 2.24) is 9.36 Å². The van der Waals surface area contributed by atoms with E-state index in [-0.39, 0.29) is 5.60 Å². The SMILES string of the molecule is CC(C)c1nsc(NC2CCOC3(CCCCC3)C2)n1. The van der Waals surface area contributed by atoms with Crippen molar-refractivity contribution in [3.63, 3.8) is 0 Å². The first-order valence-electron chi connectivity index (χ1n) is 7.91. The number of hydrogen-bond donors (Lipinski definition) is 1. The van der Waals surface area contributed by atoms with Crippen molar-refractivity contribution in [3.8, 4) is 0 Å². The van der Waals surface area contributed by atoms with Gasteiger partial charge >= 0.3 is 0 Å². The molecule has 1 N–H and O–H groups in total. The van der Waals surface area contributed by atoms with Gasteiger partial charge in [0.2, 0.25) is 5.13 Å². The van der Waals surface area contributed by atoms with Crippen molar-refractivity contribution in [2.24, 2.45) is 0 Å². The third kappa shape index (κ3) is 3.14. The molecule has 2 heterocycles. The molecule has 0 aromatic carbocycles. The fourth-order valence-electron chi connectivity index (χ4n) is 3.40. The van der Waals surface area contributed by atoms with Gasteiger partial charge in [-0.25, -0.2) is 4.98 Å². The highest BCUT2D eigenvalue weighted by atomic mass is 32.1. The summed E-state index contributed by atoms with van der Waals surface area (Å²) < 4.78 is 10.6. The second-order valence-corrected chi connectivity index (χ2v) is 7.29. The van der Waals surface area contributed by atoms with Gasteiger partial charge in [0.15, 0.2) is 0 Å². The number of hydrogen-bond acceptors (Lipinski definition) is 5. The molecule has 2 fully saturated rings. The minimum absolute atomic E-state index is 0.153. The van der Waals surface area contributed by atoms with Crippen molar-refractivity contribution in [1.29, 1.82) is 0 Å². The highest BCUT2D eigenvalue weighted by Gasteiger charge is 2.38. The van der Waals surface area contributed by atoms with E-state index in [1.54, 1.807) is 0 Å². The van der Waals surface area contributed by atoms with E-state index in [4.69, 9.17) is 4.74 Å². The number of rotatable bonds is 3. The van der Waals surface area contributed by atoms with Crippen molar-refractivity contribution in [3.05, 3.63) is 5.82 Å². The molecule has 1 saturated carbocycles. The molecule has 20 heavy (non-hydrogen) atoms. The fraction of sp³-hybridized carbons (Fsp3) is 0.867. The zero-order valence-electron chi connectivity index (χ0n) is 12.5. The van der Waals surface area contributed by atoms with Crippen LogP contribution in [0, 0.1) is 0 Å². The zero-order valence-corrected chi connectivity index (χ0v) is 13.3. The molecule has 1 aromatic rings. The van der Waals surface area contributed by atoms with E-state index >= 15 is 0 Å². The third-order valence-corrected chi connectivity index (χ3v) is 5.20. The van der Waals surface area contributed by atoms with E-state index in [2.05, 4.69) is 28.5 Å². The predicted octanol–water partition coefficient (Wildman–Crippen LogP) is 3.96. The maximum Gasteiger partial charge on any atom is 0.202 e. The number of anilines is 1. The zero-order chi connectivity index (χ0) is 14.0. The summed E-state index contributed by atoms with van der Waals surface area (Å²) in [5.41, 5.74) is 0.153. The summed E-state index contributed by atoms with van der Waals surface area (Å²) in [6.45, 7) is 5.15. The summed E-state index contributed by atoms with van der Waals surface area (Å²) >= 11 is 1.49. The van der Waals surface area contributed by atoms with E-state index in [0.717, 1.165) is 30.4 Å². The van der Waals surface area contributed by atoms with Gasteiger partial charge in [-0.2, -0.15) is 4.37 Å². The van der Waals surface area contributed by atoms with Gasteiger partial charge in [0.05, 0.1) is 5.60 Å². The second-order valence-electron chi connectivity index (χ2n) is 6.54. The van der Waals surface area contributed by atoms with Gasteiger partial charge in [0, 0.05) is 30.1 Å². The molecule has 1 unspecified atom stereocenters. The Balaban J connectivity index is 1.61. The average Bonchev–Trinajstić information content (AvgIpc) is 2.88. The third-order valence-electron chi connectivity index (χ3n) is 4.54. The molecule has 1 aliphatic carbocycles. The van der Waals surface area contributed by atoms with Crippen LogP contribution < -0.4 is 5.32 Å². The lowest BCUT2D eigenvalue weighted by Gasteiger charge is -2.43. The van der Waals surface area contributed by atoms with E-state index in [1.165, 1.54) is 43.6 Å². The number of aromatic nitrogens is 2. The summed E-state index contributed by atoms with van der Waals surface area (Å²) in [4.78, 5) is 4.59. The fourth-order valence-corrected chi connectivity index (χ4v) is 4.18. The topological polar surface area (TPSA) is 47.0 Å². The number of nitrogens with zero attached hydrogens (tertiary/aromatic N) is 2. The summed E-state index contributed by atoms with van der Waals surface area (Å²) in [6, 6.07) is 0.495. The van der Waals surface area contributed by atoms with Crippen LogP contribution >= 0.6 is 11.5 Å². The highest BCUT2D eigenvalue weighted by Crippen LogP contribution is 2.39. The number of nitrogens with one attached hydrogen (secondary N) is 1. The van der Waals surface area contributed by atoms with Crippen LogP contribution in [0.4, 0.5) is 5.13 Å². The van der Waals surface area contributed by atoms with E-state index in [9.17, 15) is 0 Å². The summed E-state index contributed by atoms with van der Waals surface area (Å²) in [7, 11) is 0. The molecule has 4 nitrogen and oxygen atoms in total. The van der Waals surface area contributed by atoms with Gasteiger partial charge in [-0.1, -0.05) is 33.1 Å². The first-order valence-corrected chi connectivity index (χ1v) is 8.68. The smallest absolute Gasteiger partial charge is 0.202 e. The van der Waals surface area contributed by atoms with Crippen LogP contribution in [0.15, 0.2) is 0 Å². The van der Waals surface area contributed by atoms with Crippen molar-refractivity contribution in [2.45, 2.75) is 76.4 Å². The molecule has 5 heteroatoms. The molecule has 1 aromatic heterocycles. The quantitative estimate of drug-likeness (QED) is 0.917. The second kappa shape index (κ2) is 5.98. The van der Waals surface area contributed by atoms with E-state index in [0.29, 0.717) is 12.0 Å². The molecule has 2 aliphatic rings. The molecule has 1 aliphatic heterocycles. The van der Waals surface area contributed by atoms with Gasteiger partial charge in [0.1, 0.15) is 5.82 Å². The Morgan fingerprint density at radius 3 is 2.80 bits per heavy atom. The first-order chi connectivity index (χ1) is 9.67. The lowest BCUT2D eigenvalue weighted by Crippen LogP contribution is -2.45. The van der Waals surface area contributed by atoms with Crippen LogP contribution in [-0.2, 0) is 4.74 Å². The van der Waals surface area contributed by atoms with Crippen LogP contribution in [0.3, 0.4) is 0 Å². The maximum absolute atomic E-state index is 6.15.